The Kier molecular flexibility index (Phi) is 4.32. The van der Waals surface area contributed by atoms with Crippen molar-refractivity contribution < 1.29 is 0 Å². The van der Waals surface area contributed by atoms with Crippen LogP contribution in [0.2, 0.25) is 0 Å². The van der Waals surface area contributed by atoms with Crippen molar-refractivity contribution in [2.75, 3.05) is 6.66 Å². The molecule has 0 saturated heterocycles. The first kappa shape index (κ1) is 17.2. The molecule has 0 aliphatic heterocycles. The Morgan fingerprint density at radius 3 is 1.04 bits per heavy atom. The van der Waals surface area contributed by atoms with Crippen LogP contribution < -0.4 is 15.9 Å². The van der Waals surface area contributed by atoms with E-state index in [1.165, 1.54) is 32.6 Å². The first-order valence-corrected chi connectivity index (χ1v) is 11.9. The average molecular weight is 355 g/mol. The molecule has 3 aromatic carbocycles. The zero-order chi connectivity index (χ0) is 17.4. The summed E-state index contributed by atoms with van der Waals surface area (Å²) >= 11 is 7.82. The maximum atomic E-state index is 7.82. The molecule has 0 aliphatic rings. The standard InChI is InChI=1S/C22H24ClP/c1-17-11-5-8-14-20(17)24(4,23,21-15-9-6-12-18(21)2)22-16-10-7-13-19(22)3/h5-16H,1-4H3. The van der Waals surface area contributed by atoms with Crippen LogP contribution in [0.15, 0.2) is 72.8 Å². The zero-order valence-electron chi connectivity index (χ0n) is 14.8. The van der Waals surface area contributed by atoms with Crippen LogP contribution in [0.3, 0.4) is 0 Å². The van der Waals surface area contributed by atoms with E-state index < -0.39 is 5.96 Å². The monoisotopic (exact) mass is 354 g/mol. The molecule has 2 heteroatoms. The number of hydrogen-bond acceptors (Lipinski definition) is 0. The molecule has 0 spiro atoms. The molecule has 0 fully saturated rings. The van der Waals surface area contributed by atoms with Crippen molar-refractivity contribution in [2.45, 2.75) is 20.8 Å². The Bertz CT molecular complexity index is 778. The fourth-order valence-corrected chi connectivity index (χ4v) is 10.4. The van der Waals surface area contributed by atoms with Gasteiger partial charge in [0.1, 0.15) is 0 Å². The molecule has 0 amide bonds. The molecule has 0 bridgehead atoms. The second kappa shape index (κ2) is 6.03. The quantitative estimate of drug-likeness (QED) is 0.565. The Hall–Kier alpha value is -1.62. The molecular formula is C22H24ClP. The second-order valence-corrected chi connectivity index (χ2v) is 13.6. The van der Waals surface area contributed by atoms with E-state index in [0.29, 0.717) is 0 Å². The van der Waals surface area contributed by atoms with Gasteiger partial charge < -0.3 is 0 Å². The van der Waals surface area contributed by atoms with Crippen LogP contribution >= 0.6 is 17.2 Å². The number of hydrogen-bond donors (Lipinski definition) is 0. The minimum atomic E-state index is -3.05. The molecular weight excluding hydrogens is 331 g/mol. The van der Waals surface area contributed by atoms with Gasteiger partial charge in [-0.05, 0) is 0 Å². The van der Waals surface area contributed by atoms with Crippen LogP contribution in [0.25, 0.3) is 0 Å². The summed E-state index contributed by atoms with van der Waals surface area (Å²) in [6.07, 6.45) is 0. The van der Waals surface area contributed by atoms with E-state index in [4.69, 9.17) is 11.2 Å². The van der Waals surface area contributed by atoms with E-state index in [2.05, 4.69) is 100 Å². The normalized spacial score (nSPS) is 13.3. The number of benzene rings is 3. The predicted octanol–water partition coefficient (Wildman–Crippen LogP) is 5.23. The molecule has 0 nitrogen and oxygen atoms in total. The van der Waals surface area contributed by atoms with Crippen molar-refractivity contribution in [1.82, 2.24) is 0 Å². The molecule has 3 rings (SSSR count). The van der Waals surface area contributed by atoms with Crippen molar-refractivity contribution in [3.8, 4) is 0 Å². The Balaban J connectivity index is 2.50. The summed E-state index contributed by atoms with van der Waals surface area (Å²) in [6.45, 7) is 8.78. The van der Waals surface area contributed by atoms with Crippen LogP contribution in [-0.4, -0.2) is 6.66 Å². The van der Waals surface area contributed by atoms with Crippen molar-refractivity contribution in [3.05, 3.63) is 89.5 Å². The Morgan fingerprint density at radius 2 is 0.792 bits per heavy atom. The summed E-state index contributed by atoms with van der Waals surface area (Å²) < 4.78 is 0. The van der Waals surface area contributed by atoms with Gasteiger partial charge in [0.15, 0.2) is 0 Å². The van der Waals surface area contributed by atoms with Gasteiger partial charge in [-0.25, -0.2) is 0 Å². The SMILES string of the molecule is Cc1ccccc1P(C)(Cl)(c1ccccc1C)c1ccccc1C. The molecule has 0 saturated carbocycles. The van der Waals surface area contributed by atoms with E-state index in [1.54, 1.807) is 0 Å². The van der Waals surface area contributed by atoms with Gasteiger partial charge in [-0.1, -0.05) is 0 Å². The third-order valence-electron chi connectivity index (χ3n) is 5.06. The molecule has 0 heterocycles. The number of rotatable bonds is 3. The first-order valence-electron chi connectivity index (χ1n) is 8.27. The molecule has 0 N–H and O–H groups in total. The summed E-state index contributed by atoms with van der Waals surface area (Å²) in [7, 11) is 0. The van der Waals surface area contributed by atoms with Gasteiger partial charge in [0.25, 0.3) is 0 Å². The Morgan fingerprint density at radius 1 is 0.542 bits per heavy atom. The fraction of sp³-hybridized carbons (Fsp3) is 0.182. The van der Waals surface area contributed by atoms with E-state index in [1.807, 2.05) is 0 Å². The van der Waals surface area contributed by atoms with Gasteiger partial charge in [0.2, 0.25) is 0 Å². The van der Waals surface area contributed by atoms with Crippen LogP contribution in [0, 0.1) is 20.8 Å². The molecule has 124 valence electrons. The average Bonchev–Trinajstić information content (AvgIpc) is 2.56. The summed E-state index contributed by atoms with van der Waals surface area (Å²) in [4.78, 5) is 0. The Labute approximate surface area is 150 Å². The molecule has 0 aliphatic carbocycles. The van der Waals surface area contributed by atoms with Gasteiger partial charge in [-0.2, -0.15) is 0 Å². The van der Waals surface area contributed by atoms with Gasteiger partial charge in [0, 0.05) is 0 Å². The van der Waals surface area contributed by atoms with Gasteiger partial charge in [0.05, 0.1) is 0 Å². The molecule has 0 unspecified atom stereocenters. The van der Waals surface area contributed by atoms with Crippen LogP contribution in [0.1, 0.15) is 16.7 Å². The first-order chi connectivity index (χ1) is 11.4. The maximum absolute atomic E-state index is 7.82. The van der Waals surface area contributed by atoms with Crippen LogP contribution in [-0.2, 0) is 0 Å². The summed E-state index contributed by atoms with van der Waals surface area (Å²) in [6, 6.07) is 25.7. The van der Waals surface area contributed by atoms with E-state index in [-0.39, 0.29) is 0 Å². The topological polar surface area (TPSA) is 0 Å². The van der Waals surface area contributed by atoms with E-state index >= 15 is 0 Å². The van der Waals surface area contributed by atoms with Crippen LogP contribution in [0.4, 0.5) is 0 Å². The summed E-state index contributed by atoms with van der Waals surface area (Å²) in [5.74, 6) is -3.05. The van der Waals surface area contributed by atoms with Crippen molar-refractivity contribution in [2.24, 2.45) is 0 Å². The van der Waals surface area contributed by atoms with Gasteiger partial charge in [-0.3, -0.25) is 0 Å². The second-order valence-electron chi connectivity index (χ2n) is 6.79. The summed E-state index contributed by atoms with van der Waals surface area (Å²) in [5.41, 5.74) is 3.75. The van der Waals surface area contributed by atoms with Crippen LogP contribution in [0.5, 0.6) is 0 Å². The molecule has 24 heavy (non-hydrogen) atoms. The van der Waals surface area contributed by atoms with Gasteiger partial charge in [-0.15, -0.1) is 0 Å². The van der Waals surface area contributed by atoms with E-state index in [9.17, 15) is 0 Å². The number of aryl methyl sites for hydroxylation is 3. The molecule has 0 aromatic heterocycles. The van der Waals surface area contributed by atoms with Crippen molar-refractivity contribution >= 4 is 33.1 Å². The van der Waals surface area contributed by atoms with Gasteiger partial charge >= 0.3 is 150 Å². The number of halogens is 1. The predicted molar refractivity (Wildman–Crippen MR) is 111 cm³/mol. The molecule has 0 radical (unpaired) electrons. The summed E-state index contributed by atoms with van der Waals surface area (Å²) in [5, 5.41) is 3.77. The molecule has 0 atom stereocenters. The zero-order valence-corrected chi connectivity index (χ0v) is 16.4. The van der Waals surface area contributed by atoms with E-state index in [0.717, 1.165) is 0 Å². The van der Waals surface area contributed by atoms with Crippen molar-refractivity contribution in [1.29, 1.82) is 0 Å². The fourth-order valence-electron chi connectivity index (χ4n) is 3.87. The third-order valence-corrected chi connectivity index (χ3v) is 11.6. The van der Waals surface area contributed by atoms with Crippen molar-refractivity contribution in [3.63, 3.8) is 0 Å². The third kappa shape index (κ3) is 2.50. The molecule has 3 aromatic rings. The minimum absolute atomic E-state index is 1.25.